The summed E-state index contributed by atoms with van der Waals surface area (Å²) in [4.78, 5) is 28.0. The Balaban J connectivity index is 0.00000101. The number of aromatic carboxylic acids is 1. The number of methoxy groups -OCH3 is 2. The van der Waals surface area contributed by atoms with Crippen LogP contribution in [0.3, 0.4) is 0 Å². The Labute approximate surface area is 176 Å². The molecule has 0 amide bonds. The Bertz CT molecular complexity index is 923. The average Bonchev–Trinajstić information content (AvgIpc) is 2.89. The van der Waals surface area contributed by atoms with Crippen molar-refractivity contribution in [2.45, 2.75) is 46.1 Å². The van der Waals surface area contributed by atoms with Crippen molar-refractivity contribution in [2.24, 2.45) is 0 Å². The largest absolute Gasteiger partial charge is 0.488 e. The predicted molar refractivity (Wildman–Crippen MR) is 114 cm³/mol. The summed E-state index contributed by atoms with van der Waals surface area (Å²) in [6.07, 6.45) is 4.91. The molecule has 8 heteroatoms. The molecule has 2 aromatic heterocycles. The van der Waals surface area contributed by atoms with E-state index in [2.05, 4.69) is 18.8 Å². The first-order valence-corrected chi connectivity index (χ1v) is 10.1. The molecule has 0 atom stereocenters. The van der Waals surface area contributed by atoms with Crippen molar-refractivity contribution in [2.75, 3.05) is 27.4 Å². The molecule has 164 valence electrons. The maximum absolute atomic E-state index is 12.2. The van der Waals surface area contributed by atoms with Gasteiger partial charge < -0.3 is 23.9 Å². The van der Waals surface area contributed by atoms with Gasteiger partial charge in [0.15, 0.2) is 11.2 Å². The second-order valence-corrected chi connectivity index (χ2v) is 6.94. The Morgan fingerprint density at radius 1 is 1.23 bits per heavy atom. The zero-order chi connectivity index (χ0) is 22.1. The third-order valence-corrected chi connectivity index (χ3v) is 4.42. The quantitative estimate of drug-likeness (QED) is 0.688. The molecule has 30 heavy (non-hydrogen) atoms. The van der Waals surface area contributed by atoms with Crippen molar-refractivity contribution in [1.82, 2.24) is 9.55 Å². The summed E-state index contributed by atoms with van der Waals surface area (Å²) in [7, 11) is 3.15. The van der Waals surface area contributed by atoms with E-state index in [1.54, 1.807) is 11.7 Å². The van der Waals surface area contributed by atoms with E-state index in [4.69, 9.17) is 14.2 Å². The highest BCUT2D eigenvalue weighted by Crippen LogP contribution is 2.34. The minimum Gasteiger partial charge on any atom is -0.488 e. The van der Waals surface area contributed by atoms with Crippen LogP contribution in [-0.4, -0.2) is 48.1 Å². The first kappa shape index (κ1) is 23.4. The van der Waals surface area contributed by atoms with Gasteiger partial charge in [-0.1, -0.05) is 20.3 Å². The van der Waals surface area contributed by atoms with Crippen LogP contribution in [0.5, 0.6) is 11.6 Å². The van der Waals surface area contributed by atoms with Gasteiger partial charge in [0.05, 0.1) is 25.1 Å². The summed E-state index contributed by atoms with van der Waals surface area (Å²) in [5.74, 6) is -0.357. The minimum atomic E-state index is -1.23. The number of aryl methyl sites for hydroxylation is 2. The molecule has 3 rings (SSSR count). The highest BCUT2D eigenvalue weighted by molar-refractivity contribution is 5.87. The minimum absolute atomic E-state index is 0.243. The van der Waals surface area contributed by atoms with Gasteiger partial charge in [0, 0.05) is 38.9 Å². The van der Waals surface area contributed by atoms with Crippen LogP contribution in [0.2, 0.25) is 0 Å². The summed E-state index contributed by atoms with van der Waals surface area (Å²) in [5, 5.41) is 9.20. The van der Waals surface area contributed by atoms with Crippen LogP contribution in [0.4, 0.5) is 0 Å². The summed E-state index contributed by atoms with van der Waals surface area (Å²) in [6.45, 7) is 5.92. The molecule has 0 aliphatic carbocycles. The Morgan fingerprint density at radius 3 is 2.60 bits per heavy atom. The highest BCUT2D eigenvalue weighted by atomic mass is 16.5. The van der Waals surface area contributed by atoms with E-state index in [0.29, 0.717) is 42.8 Å². The third-order valence-electron chi connectivity index (χ3n) is 4.42. The van der Waals surface area contributed by atoms with E-state index < -0.39 is 11.4 Å². The van der Waals surface area contributed by atoms with Crippen molar-refractivity contribution >= 4 is 5.97 Å². The normalized spacial score (nSPS) is 12.0. The lowest BCUT2D eigenvalue weighted by Gasteiger charge is -2.15. The Hall–Kier alpha value is -2.87. The van der Waals surface area contributed by atoms with Gasteiger partial charge in [0.25, 0.3) is 5.88 Å². The number of ether oxygens (including phenoxy) is 3. The molecule has 0 bridgehead atoms. The van der Waals surface area contributed by atoms with Gasteiger partial charge >= 0.3 is 5.97 Å². The summed E-state index contributed by atoms with van der Waals surface area (Å²) in [5.41, 5.74) is 1.35. The predicted octanol–water partition coefficient (Wildman–Crippen LogP) is 3.39. The lowest BCUT2D eigenvalue weighted by molar-refractivity contribution is 0.0694. The first-order valence-electron chi connectivity index (χ1n) is 10.1. The number of hydrogen-bond acceptors (Lipinski definition) is 6. The number of carboxylic acid groups (broad SMARTS) is 1. The molecule has 0 spiro atoms. The second-order valence-electron chi connectivity index (χ2n) is 6.94. The number of aromatic nitrogens is 2. The van der Waals surface area contributed by atoms with E-state index >= 15 is 0 Å². The number of nitrogens with zero attached hydrogens (tertiary/aromatic N) is 2. The molecular weight excluding hydrogens is 388 g/mol. The van der Waals surface area contributed by atoms with Gasteiger partial charge in [-0.3, -0.25) is 4.79 Å². The first-order chi connectivity index (χ1) is 14.5. The van der Waals surface area contributed by atoms with Crippen molar-refractivity contribution in [3.8, 4) is 23.0 Å². The van der Waals surface area contributed by atoms with Crippen LogP contribution >= 0.6 is 0 Å². The summed E-state index contributed by atoms with van der Waals surface area (Å²) < 4.78 is 17.9. The topological polar surface area (TPSA) is 99.9 Å². The SMILES string of the molecule is CCC.COCCCOc1cc2c(nc1OC)-c1cc(=O)c(C(=O)O)cn1CCC2. The fourth-order valence-corrected chi connectivity index (χ4v) is 3.13. The van der Waals surface area contributed by atoms with Gasteiger partial charge in [-0.05, 0) is 24.5 Å². The molecule has 0 aromatic carbocycles. The van der Waals surface area contributed by atoms with Gasteiger partial charge in [-0.15, -0.1) is 0 Å². The highest BCUT2D eigenvalue weighted by Gasteiger charge is 2.22. The number of pyridine rings is 2. The molecule has 3 heterocycles. The number of fused-ring (bicyclic) bond motifs is 3. The molecule has 1 aliphatic rings. The molecular formula is C22H30N2O6. The summed E-state index contributed by atoms with van der Waals surface area (Å²) >= 11 is 0. The lowest BCUT2D eigenvalue weighted by Crippen LogP contribution is -2.18. The molecule has 1 aliphatic heterocycles. The van der Waals surface area contributed by atoms with E-state index in [1.165, 1.54) is 25.8 Å². The molecule has 8 nitrogen and oxygen atoms in total. The molecule has 0 saturated heterocycles. The fraction of sp³-hybridized carbons (Fsp3) is 0.500. The van der Waals surface area contributed by atoms with Crippen molar-refractivity contribution in [3.05, 3.63) is 39.7 Å². The molecule has 0 fully saturated rings. The van der Waals surface area contributed by atoms with Crippen molar-refractivity contribution < 1.29 is 24.1 Å². The number of rotatable bonds is 7. The van der Waals surface area contributed by atoms with E-state index in [0.717, 1.165) is 24.8 Å². The van der Waals surface area contributed by atoms with E-state index in [1.807, 2.05) is 6.07 Å². The molecule has 0 unspecified atom stereocenters. The lowest BCUT2D eigenvalue weighted by atomic mass is 10.1. The Kier molecular flexibility index (Phi) is 8.86. The average molecular weight is 418 g/mol. The molecule has 2 aromatic rings. The number of carbonyl (C=O) groups is 1. The third kappa shape index (κ3) is 5.60. The zero-order valence-electron chi connectivity index (χ0n) is 18.1. The van der Waals surface area contributed by atoms with E-state index in [-0.39, 0.29) is 5.56 Å². The van der Waals surface area contributed by atoms with Crippen LogP contribution in [0.1, 0.15) is 49.0 Å². The molecule has 0 radical (unpaired) electrons. The number of carboxylic acids is 1. The second kappa shape index (κ2) is 11.3. The zero-order valence-corrected chi connectivity index (χ0v) is 18.1. The van der Waals surface area contributed by atoms with Crippen LogP contribution < -0.4 is 14.9 Å². The van der Waals surface area contributed by atoms with Crippen molar-refractivity contribution in [3.63, 3.8) is 0 Å². The van der Waals surface area contributed by atoms with Crippen LogP contribution in [0, 0.1) is 0 Å². The van der Waals surface area contributed by atoms with E-state index in [9.17, 15) is 14.7 Å². The van der Waals surface area contributed by atoms with Gasteiger partial charge in [-0.25, -0.2) is 9.78 Å². The van der Waals surface area contributed by atoms with Crippen molar-refractivity contribution in [1.29, 1.82) is 0 Å². The molecule has 0 saturated carbocycles. The summed E-state index contributed by atoms with van der Waals surface area (Å²) in [6, 6.07) is 3.22. The van der Waals surface area contributed by atoms with Crippen LogP contribution in [0.25, 0.3) is 11.4 Å². The van der Waals surface area contributed by atoms with Crippen LogP contribution in [-0.2, 0) is 17.7 Å². The monoisotopic (exact) mass is 418 g/mol. The number of hydrogen-bond donors (Lipinski definition) is 1. The molecule has 1 N–H and O–H groups in total. The maximum atomic E-state index is 12.2. The standard InChI is InChI=1S/C19H22N2O6.C3H8/c1-25-7-4-8-27-16-9-12-5-3-6-21-11-13(19(23)24)15(22)10-14(21)17(12)20-18(16)26-2;1-3-2/h9-11H,3-8H2,1-2H3,(H,23,24);3H2,1-2H3. The maximum Gasteiger partial charge on any atom is 0.341 e. The smallest absolute Gasteiger partial charge is 0.341 e. The fourth-order valence-electron chi connectivity index (χ4n) is 3.13. The van der Waals surface area contributed by atoms with Gasteiger partial charge in [0.1, 0.15) is 5.56 Å². The van der Waals surface area contributed by atoms with Crippen LogP contribution in [0.15, 0.2) is 23.1 Å². The van der Waals surface area contributed by atoms with Gasteiger partial charge in [0.2, 0.25) is 0 Å². The Morgan fingerprint density at radius 2 is 1.97 bits per heavy atom. The van der Waals surface area contributed by atoms with Gasteiger partial charge in [-0.2, -0.15) is 0 Å².